The van der Waals surface area contributed by atoms with Crippen LogP contribution in [0.2, 0.25) is 0 Å². The van der Waals surface area contributed by atoms with Crippen molar-refractivity contribution >= 4 is 53.4 Å². The van der Waals surface area contributed by atoms with Crippen LogP contribution in [0.5, 0.6) is 0 Å². The van der Waals surface area contributed by atoms with Gasteiger partial charge in [0.15, 0.2) is 24.1 Å². The molecular weight excluding hydrogens is 1020 g/mol. The van der Waals surface area contributed by atoms with Gasteiger partial charge in [0.2, 0.25) is 41.1 Å². The summed E-state index contributed by atoms with van der Waals surface area (Å²) in [7, 11) is 0. The molecule has 0 aromatic heterocycles. The number of hydrogen-bond donors (Lipinski definition) is 14. The van der Waals surface area contributed by atoms with E-state index < -0.39 is 152 Å². The molecule has 5 amide bonds. The summed E-state index contributed by atoms with van der Waals surface area (Å²) in [6, 6.07) is -5.08. The molecule has 0 aliphatic carbocycles. The maximum Gasteiger partial charge on any atom is 0.370 e. The molecule has 2 aliphatic heterocycles. The summed E-state index contributed by atoms with van der Waals surface area (Å²) in [5.41, 5.74) is 22.2. The molecule has 76 heavy (non-hydrogen) atoms. The Bertz CT molecular complexity index is 1870. The number of carbonyl (C=O) groups is 7. The first-order valence-electron chi connectivity index (χ1n) is 24.0. The molecule has 32 nitrogen and oxygen atoms in total. The lowest BCUT2D eigenvalue weighted by Crippen LogP contribution is -2.60. The van der Waals surface area contributed by atoms with Crippen LogP contribution in [0, 0.1) is 0 Å². The van der Waals surface area contributed by atoms with Crippen LogP contribution in [0.1, 0.15) is 33.6 Å². The molecule has 2 heterocycles. The number of rotatable bonds is 38. The van der Waals surface area contributed by atoms with Crippen molar-refractivity contribution in [2.75, 3.05) is 105 Å². The lowest BCUT2D eigenvalue weighted by Gasteiger charge is -2.40. The smallest absolute Gasteiger partial charge is 0.370 e. The number of hydrogen-bond acceptors (Lipinski definition) is 21. The summed E-state index contributed by atoms with van der Waals surface area (Å²) >= 11 is 0. The van der Waals surface area contributed by atoms with Gasteiger partial charge in [0.1, 0.15) is 37.6 Å². The lowest BCUT2D eigenvalue weighted by molar-refractivity contribution is -0.158. The number of ether oxygens (including phenoxy) is 8. The standard InChI is InChI=1S/C44H75N11O21/c1-4-10-69-12-14-71-16-17-72-15-13-70-11-5-34(64)55(8-6-49-32(62)22-73-37(28(60)20-56)39-35(51-24(2)58)26(53-43(45)46)18-30(75-39)41(65)66)9-7-50-33(63)23-74-38(29(61)21-57)40-36(52-25(3)59)27(54-44(47)48)19-31(76-40)42(67)68/h18-19,26-29,35-40,56-57,60-61H,4-17,20-23H2,1-3H3,(H,49,62)(H,50,63)(H,51,58)(H,52,59)(H,65,66)(H,67,68)(H4,45,46,53)(H4,47,48,54)/t26-,27-,28+,29+,35+,36+,37+,38+,39+,40+/m0/s1. The quantitative estimate of drug-likeness (QED) is 0.0155. The van der Waals surface area contributed by atoms with Crippen molar-refractivity contribution in [1.82, 2.24) is 26.2 Å². The number of guanidine groups is 2. The second-order valence-corrected chi connectivity index (χ2v) is 16.7. The van der Waals surface area contributed by atoms with Crippen molar-refractivity contribution in [3.63, 3.8) is 0 Å². The van der Waals surface area contributed by atoms with Crippen LogP contribution in [0.4, 0.5) is 0 Å². The van der Waals surface area contributed by atoms with Gasteiger partial charge in [-0.15, -0.1) is 0 Å². The second kappa shape index (κ2) is 35.7. The number of aliphatic hydroxyl groups is 4. The highest BCUT2D eigenvalue weighted by Crippen LogP contribution is 2.28. The molecule has 2 aliphatic rings. The number of nitrogens with one attached hydrogen (secondary N) is 4. The normalized spacial score (nSPS) is 20.6. The molecule has 32 heteroatoms. The van der Waals surface area contributed by atoms with Crippen LogP contribution in [-0.2, 0) is 71.5 Å². The topological polar surface area (TPSA) is 495 Å². The molecule has 18 N–H and O–H groups in total. The van der Waals surface area contributed by atoms with Crippen molar-refractivity contribution < 1.29 is 102 Å². The minimum Gasteiger partial charge on any atom is -0.478 e. The van der Waals surface area contributed by atoms with Gasteiger partial charge in [-0.1, -0.05) is 6.92 Å². The van der Waals surface area contributed by atoms with Crippen molar-refractivity contribution in [2.24, 2.45) is 32.9 Å². The van der Waals surface area contributed by atoms with Gasteiger partial charge in [-0.05, 0) is 18.6 Å². The van der Waals surface area contributed by atoms with Crippen LogP contribution >= 0.6 is 0 Å². The van der Waals surface area contributed by atoms with E-state index in [-0.39, 0.29) is 52.4 Å². The Morgan fingerprint density at radius 3 is 1.33 bits per heavy atom. The third-order valence-corrected chi connectivity index (χ3v) is 10.7. The summed E-state index contributed by atoms with van der Waals surface area (Å²) in [6.07, 6.45) is -7.39. The van der Waals surface area contributed by atoms with Crippen LogP contribution in [0.15, 0.2) is 33.7 Å². The number of nitrogens with zero attached hydrogens (tertiary/aromatic N) is 3. The van der Waals surface area contributed by atoms with Gasteiger partial charge < -0.3 is 118 Å². The Morgan fingerprint density at radius 1 is 0.632 bits per heavy atom. The fraction of sp³-hybridized carbons (Fsp3) is 0.705. The van der Waals surface area contributed by atoms with Crippen molar-refractivity contribution in [2.45, 2.75) is 94.4 Å². The van der Waals surface area contributed by atoms with E-state index in [1.807, 2.05) is 6.92 Å². The summed E-state index contributed by atoms with van der Waals surface area (Å²) < 4.78 is 44.3. The second-order valence-electron chi connectivity index (χ2n) is 16.7. The van der Waals surface area contributed by atoms with Crippen molar-refractivity contribution in [3.05, 3.63) is 23.7 Å². The van der Waals surface area contributed by atoms with Gasteiger partial charge in [-0.3, -0.25) is 24.0 Å². The highest BCUT2D eigenvalue weighted by atomic mass is 16.6. The summed E-state index contributed by atoms with van der Waals surface area (Å²) in [5, 5.41) is 70.9. The summed E-state index contributed by atoms with van der Waals surface area (Å²) in [4.78, 5) is 97.4. The summed E-state index contributed by atoms with van der Waals surface area (Å²) in [6.45, 7) is 2.33. The molecule has 0 aromatic carbocycles. The molecule has 0 radical (unpaired) electrons. The number of carbonyl (C=O) groups excluding carboxylic acids is 5. The van der Waals surface area contributed by atoms with E-state index >= 15 is 0 Å². The molecule has 0 unspecified atom stereocenters. The molecule has 0 fully saturated rings. The fourth-order valence-corrected chi connectivity index (χ4v) is 7.34. The van der Waals surface area contributed by atoms with Crippen LogP contribution in [0.3, 0.4) is 0 Å². The number of carboxylic acid groups (broad SMARTS) is 2. The van der Waals surface area contributed by atoms with E-state index in [1.165, 1.54) is 4.90 Å². The Balaban J connectivity index is 2.18. The molecule has 2 rings (SSSR count). The number of amides is 5. The minimum absolute atomic E-state index is 0.0510. The van der Waals surface area contributed by atoms with Gasteiger partial charge in [-0.25, -0.2) is 19.6 Å². The van der Waals surface area contributed by atoms with E-state index in [0.717, 1.165) is 32.4 Å². The first-order valence-corrected chi connectivity index (χ1v) is 24.0. The largest absolute Gasteiger partial charge is 0.478 e. The van der Waals surface area contributed by atoms with E-state index in [2.05, 4.69) is 31.3 Å². The van der Waals surface area contributed by atoms with Gasteiger partial charge >= 0.3 is 11.9 Å². The maximum absolute atomic E-state index is 13.5. The van der Waals surface area contributed by atoms with Crippen LogP contribution in [0.25, 0.3) is 0 Å². The molecule has 10 atom stereocenters. The average molecular weight is 1090 g/mol. The third-order valence-electron chi connectivity index (χ3n) is 10.7. The zero-order valence-electron chi connectivity index (χ0n) is 42.6. The van der Waals surface area contributed by atoms with E-state index in [1.54, 1.807) is 0 Å². The Hall–Kier alpha value is -6.49. The summed E-state index contributed by atoms with van der Waals surface area (Å²) in [5.74, 6) is -8.94. The number of nitrogens with two attached hydrogens (primary N) is 4. The predicted molar refractivity (Wildman–Crippen MR) is 262 cm³/mol. The molecule has 0 spiro atoms. The maximum atomic E-state index is 13.5. The molecule has 432 valence electrons. The number of aliphatic carboxylic acids is 2. The highest BCUT2D eigenvalue weighted by molar-refractivity contribution is 5.86. The monoisotopic (exact) mass is 1090 g/mol. The average Bonchev–Trinajstić information content (AvgIpc) is 3.35. The molecule has 0 aromatic rings. The van der Waals surface area contributed by atoms with Crippen LogP contribution in [-0.4, -0.2) is 255 Å². The molecule has 0 bridgehead atoms. The Labute approximate surface area is 437 Å². The van der Waals surface area contributed by atoms with Crippen LogP contribution < -0.4 is 44.2 Å². The van der Waals surface area contributed by atoms with Crippen molar-refractivity contribution in [1.29, 1.82) is 0 Å². The van der Waals surface area contributed by atoms with Gasteiger partial charge in [0, 0.05) is 46.6 Å². The van der Waals surface area contributed by atoms with Gasteiger partial charge in [0.05, 0.1) is 90.1 Å². The number of carboxylic acids is 2. The lowest BCUT2D eigenvalue weighted by atomic mass is 9.92. The Kier molecular flexibility index (Phi) is 30.8. The molecular formula is C44H75N11O21. The van der Waals surface area contributed by atoms with E-state index in [4.69, 9.17) is 60.8 Å². The van der Waals surface area contributed by atoms with Gasteiger partial charge in [0.25, 0.3) is 0 Å². The Morgan fingerprint density at radius 2 is 1.00 bits per heavy atom. The highest BCUT2D eigenvalue weighted by Gasteiger charge is 2.47. The fourth-order valence-electron chi connectivity index (χ4n) is 7.34. The predicted octanol–water partition coefficient (Wildman–Crippen LogP) is -7.58. The number of aliphatic hydroxyl groups excluding tert-OH is 4. The number of aliphatic imine (C=N–C) groups is 2. The molecule has 0 saturated heterocycles. The van der Waals surface area contributed by atoms with Gasteiger partial charge in [-0.2, -0.15) is 0 Å². The van der Waals surface area contributed by atoms with Crippen molar-refractivity contribution in [3.8, 4) is 0 Å². The zero-order chi connectivity index (χ0) is 56.7. The molecule has 0 saturated carbocycles. The third kappa shape index (κ3) is 24.5. The van der Waals surface area contributed by atoms with E-state index in [0.29, 0.717) is 33.0 Å². The first-order chi connectivity index (χ1) is 36.1. The first kappa shape index (κ1) is 65.6. The minimum atomic E-state index is -1.81. The van der Waals surface area contributed by atoms with E-state index in [9.17, 15) is 64.2 Å². The zero-order valence-corrected chi connectivity index (χ0v) is 42.6. The SMILES string of the molecule is CCCOCCOCCOCCOCCC(=O)N(CCNC(=O)CO[C@@H]([C@@H]1OC(C(=O)O)=C[C@H](N=C(N)N)[C@H]1NC(C)=O)[C@H](O)CO)CCNC(=O)CO[C@@H]([C@@H]1OC(C(=O)O)=C[C@H](N=C(N)N)[C@H]1NC(C)=O)[C@H](O)CO.